The van der Waals surface area contributed by atoms with Crippen molar-refractivity contribution in [1.29, 1.82) is 0 Å². The maximum Gasteiger partial charge on any atom is 0.258 e. The van der Waals surface area contributed by atoms with Crippen molar-refractivity contribution in [3.05, 3.63) is 64.9 Å². The maximum atomic E-state index is 13.9. The number of likely N-dealkylation sites (N-methyl/N-ethyl adjacent to an activating group) is 1. The van der Waals surface area contributed by atoms with E-state index < -0.39 is 38.0 Å². The monoisotopic (exact) mass is 642 g/mol. The number of hydrogen-bond acceptors (Lipinski definition) is 8. The van der Waals surface area contributed by atoms with E-state index in [1.54, 1.807) is 26.0 Å². The molecular formula is C30H36F2N8O4S. The zero-order valence-electron chi connectivity index (χ0n) is 25.3. The van der Waals surface area contributed by atoms with Gasteiger partial charge < -0.3 is 25.8 Å². The molecule has 45 heavy (non-hydrogen) atoms. The van der Waals surface area contributed by atoms with Crippen LogP contribution in [-0.2, 0) is 26.9 Å². The fourth-order valence-electron chi connectivity index (χ4n) is 6.18. The van der Waals surface area contributed by atoms with Crippen LogP contribution in [0.1, 0.15) is 48.3 Å². The van der Waals surface area contributed by atoms with Crippen molar-refractivity contribution in [3.8, 4) is 0 Å². The lowest BCUT2D eigenvalue weighted by Crippen LogP contribution is -2.44. The summed E-state index contributed by atoms with van der Waals surface area (Å²) in [6.07, 6.45) is 1.58. The number of piperazine rings is 1. The van der Waals surface area contributed by atoms with Crippen molar-refractivity contribution in [1.82, 2.24) is 24.7 Å². The van der Waals surface area contributed by atoms with E-state index >= 15 is 0 Å². The first-order chi connectivity index (χ1) is 21.3. The van der Waals surface area contributed by atoms with Crippen LogP contribution in [0.2, 0.25) is 0 Å². The van der Waals surface area contributed by atoms with E-state index in [2.05, 4.69) is 43.0 Å². The number of halogens is 2. The lowest BCUT2D eigenvalue weighted by Gasteiger charge is -2.34. The summed E-state index contributed by atoms with van der Waals surface area (Å²) >= 11 is 0. The topological polar surface area (TPSA) is 143 Å². The van der Waals surface area contributed by atoms with E-state index in [1.165, 1.54) is 0 Å². The number of rotatable bonds is 7. The van der Waals surface area contributed by atoms with Crippen molar-refractivity contribution in [2.75, 3.05) is 55.3 Å². The van der Waals surface area contributed by atoms with Gasteiger partial charge in [0.2, 0.25) is 15.9 Å². The summed E-state index contributed by atoms with van der Waals surface area (Å²) in [5.74, 6) is -2.68. The summed E-state index contributed by atoms with van der Waals surface area (Å²) in [6.45, 7) is 7.19. The second-order valence-electron chi connectivity index (χ2n) is 12.2. The maximum absolute atomic E-state index is 13.9. The highest BCUT2D eigenvalue weighted by molar-refractivity contribution is 7.89. The zero-order chi connectivity index (χ0) is 32.1. The van der Waals surface area contributed by atoms with Crippen LogP contribution in [0.25, 0.3) is 0 Å². The molecule has 1 atom stereocenters. The average Bonchev–Trinajstić information content (AvgIpc) is 3.72. The van der Waals surface area contributed by atoms with Gasteiger partial charge in [-0.1, -0.05) is 0 Å². The van der Waals surface area contributed by atoms with E-state index in [9.17, 15) is 26.8 Å². The molecule has 4 N–H and O–H groups in total. The first-order valence-corrected chi connectivity index (χ1v) is 16.3. The number of anilines is 3. The highest BCUT2D eigenvalue weighted by Crippen LogP contribution is 2.44. The largest absolute Gasteiger partial charge is 0.369 e. The van der Waals surface area contributed by atoms with Gasteiger partial charge in [0.1, 0.15) is 11.6 Å². The van der Waals surface area contributed by atoms with Gasteiger partial charge in [-0.15, -0.1) is 0 Å². The van der Waals surface area contributed by atoms with Crippen LogP contribution in [0.15, 0.2) is 41.3 Å². The number of H-pyrrole nitrogens is 1. The number of carbonyl (C=O) groups is 2. The lowest BCUT2D eigenvalue weighted by molar-refractivity contribution is -0.117. The molecule has 15 heteroatoms. The SMILES string of the molecule is CN1CCN(c2ccc(C(=O)Nc3n[nH]c4c3CN(S(=O)(=O)c3cc(F)cc(F)c3)C4(C)C)c(NC(=O)[C@H]3CCCN3)c2)CC1. The molecular weight excluding hydrogens is 606 g/mol. The Morgan fingerprint density at radius 3 is 2.40 bits per heavy atom. The minimum Gasteiger partial charge on any atom is -0.369 e. The van der Waals surface area contributed by atoms with Crippen LogP contribution < -0.4 is 20.9 Å². The van der Waals surface area contributed by atoms with Crippen LogP contribution in [0.3, 0.4) is 0 Å². The number of hydrogen-bond donors (Lipinski definition) is 4. The standard InChI is InChI=1S/C30H36F2N8O4S/c1-30(2)26-23(17-40(30)45(43,44)21-14-18(31)13-19(32)15-21)27(37-36-26)35-28(41)22-7-6-20(39-11-9-38(3)10-12-39)16-25(22)34-29(42)24-5-4-8-33-24/h6-7,13-16,24,33H,4-5,8-12,17H2,1-3H3,(H,34,42)(H2,35,36,37,41)/t24-/m1/s1. The second kappa shape index (κ2) is 11.8. The molecule has 2 aromatic carbocycles. The molecule has 2 fully saturated rings. The Balaban J connectivity index is 1.27. The Labute approximate surface area is 260 Å². The number of sulfonamides is 1. The normalized spacial score (nSPS) is 20.3. The van der Waals surface area contributed by atoms with Crippen molar-refractivity contribution in [3.63, 3.8) is 0 Å². The molecule has 1 aromatic heterocycles. The smallest absolute Gasteiger partial charge is 0.258 e. The van der Waals surface area contributed by atoms with Gasteiger partial charge in [-0.2, -0.15) is 9.40 Å². The van der Waals surface area contributed by atoms with Crippen LogP contribution >= 0.6 is 0 Å². The van der Waals surface area contributed by atoms with E-state index in [0.717, 1.165) is 61.3 Å². The summed E-state index contributed by atoms with van der Waals surface area (Å²) in [6, 6.07) is 7.09. The number of nitrogens with zero attached hydrogens (tertiary/aromatic N) is 4. The summed E-state index contributed by atoms with van der Waals surface area (Å²) in [4.78, 5) is 30.8. The zero-order valence-corrected chi connectivity index (χ0v) is 26.1. The van der Waals surface area contributed by atoms with Gasteiger partial charge >= 0.3 is 0 Å². The molecule has 0 saturated carbocycles. The van der Waals surface area contributed by atoms with Gasteiger partial charge in [-0.25, -0.2) is 17.2 Å². The predicted molar refractivity (Wildman–Crippen MR) is 164 cm³/mol. The van der Waals surface area contributed by atoms with Crippen molar-refractivity contribution in [2.24, 2.45) is 0 Å². The number of fused-ring (bicyclic) bond motifs is 1. The Morgan fingerprint density at radius 1 is 1.02 bits per heavy atom. The number of nitrogens with one attached hydrogen (secondary N) is 4. The lowest BCUT2D eigenvalue weighted by atomic mass is 10.0. The molecule has 3 aliphatic rings. The summed E-state index contributed by atoms with van der Waals surface area (Å²) in [5, 5.41) is 16.0. The molecule has 4 heterocycles. The Hall–Kier alpha value is -3.92. The molecule has 2 amide bonds. The number of aromatic amines is 1. The Morgan fingerprint density at radius 2 is 1.73 bits per heavy atom. The first kappa shape index (κ1) is 31.1. The van der Waals surface area contributed by atoms with E-state index in [1.807, 2.05) is 6.07 Å². The molecule has 6 rings (SSSR count). The van der Waals surface area contributed by atoms with Crippen molar-refractivity contribution in [2.45, 2.75) is 49.7 Å². The van der Waals surface area contributed by atoms with Gasteiger partial charge in [0.15, 0.2) is 5.82 Å². The summed E-state index contributed by atoms with van der Waals surface area (Å²) < 4.78 is 56.0. The minimum atomic E-state index is -4.34. The van der Waals surface area contributed by atoms with Gasteiger partial charge in [-0.3, -0.25) is 14.7 Å². The van der Waals surface area contributed by atoms with E-state index in [-0.39, 0.29) is 29.9 Å². The summed E-state index contributed by atoms with van der Waals surface area (Å²) in [7, 11) is -2.28. The van der Waals surface area contributed by atoms with Crippen LogP contribution in [0, 0.1) is 11.6 Å². The molecule has 12 nitrogen and oxygen atoms in total. The van der Waals surface area contributed by atoms with Crippen LogP contribution in [-0.4, -0.2) is 85.4 Å². The van der Waals surface area contributed by atoms with E-state index in [4.69, 9.17) is 0 Å². The minimum absolute atomic E-state index is 0.115. The van der Waals surface area contributed by atoms with Crippen LogP contribution in [0.5, 0.6) is 0 Å². The molecule has 3 aromatic rings. The fourth-order valence-corrected chi connectivity index (χ4v) is 7.95. The third-order valence-corrected chi connectivity index (χ3v) is 10.8. The van der Waals surface area contributed by atoms with Gasteiger partial charge in [0, 0.05) is 50.0 Å². The number of benzene rings is 2. The predicted octanol–water partition coefficient (Wildman–Crippen LogP) is 2.82. The summed E-state index contributed by atoms with van der Waals surface area (Å²) in [5.41, 5.74) is 1.13. The number of carbonyl (C=O) groups excluding carboxylic acids is 2. The van der Waals surface area contributed by atoms with E-state index in [0.29, 0.717) is 29.4 Å². The molecule has 0 bridgehead atoms. The molecule has 0 aliphatic carbocycles. The molecule has 0 radical (unpaired) electrons. The van der Waals surface area contributed by atoms with Crippen LogP contribution in [0.4, 0.5) is 26.0 Å². The van der Waals surface area contributed by atoms with Gasteiger partial charge in [0.25, 0.3) is 5.91 Å². The first-order valence-electron chi connectivity index (χ1n) is 14.8. The molecule has 0 spiro atoms. The second-order valence-corrected chi connectivity index (χ2v) is 14.1. The van der Waals surface area contributed by atoms with Gasteiger partial charge in [0.05, 0.1) is 33.4 Å². The van der Waals surface area contributed by atoms with Gasteiger partial charge in [-0.05, 0) is 70.6 Å². The third-order valence-electron chi connectivity index (χ3n) is 8.81. The van der Waals surface area contributed by atoms with Crippen molar-refractivity contribution < 1.29 is 26.8 Å². The third kappa shape index (κ3) is 5.92. The average molecular weight is 643 g/mol. The highest BCUT2D eigenvalue weighted by atomic mass is 32.2. The number of amides is 2. The quantitative estimate of drug-likeness (QED) is 0.308. The molecule has 240 valence electrons. The Kier molecular flexibility index (Phi) is 8.14. The molecule has 3 aliphatic heterocycles. The molecule has 0 unspecified atom stereocenters. The fraction of sp³-hybridized carbons (Fsp3) is 0.433. The highest BCUT2D eigenvalue weighted by Gasteiger charge is 2.48. The Bertz CT molecular complexity index is 1730. The molecule has 2 saturated heterocycles. The van der Waals surface area contributed by atoms with Crippen molar-refractivity contribution >= 4 is 39.0 Å². The number of aromatic nitrogens is 2.